The molecule has 2 aromatic rings. The van der Waals surface area contributed by atoms with E-state index >= 15 is 0 Å². The molecule has 1 N–H and O–H groups in total. The summed E-state index contributed by atoms with van der Waals surface area (Å²) in [7, 11) is 0. The van der Waals surface area contributed by atoms with Crippen LogP contribution in [0.1, 0.15) is 11.1 Å². The van der Waals surface area contributed by atoms with Crippen molar-refractivity contribution in [3.63, 3.8) is 0 Å². The smallest absolute Gasteiger partial charge is 0.387 e. The van der Waals surface area contributed by atoms with E-state index in [2.05, 4.69) is 26.0 Å². The average Bonchev–Trinajstić information content (AvgIpc) is 2.40. The van der Waals surface area contributed by atoms with Gasteiger partial charge in [-0.2, -0.15) is 8.78 Å². The van der Waals surface area contributed by atoms with Crippen LogP contribution in [0.2, 0.25) is 0 Å². The van der Waals surface area contributed by atoms with Crippen LogP contribution in [0, 0.1) is 0 Å². The first-order valence-corrected chi connectivity index (χ1v) is 6.92. The van der Waals surface area contributed by atoms with E-state index in [9.17, 15) is 8.78 Å². The number of rotatable bonds is 6. The molecule has 0 saturated carbocycles. The third kappa shape index (κ3) is 4.58. The second kappa shape index (κ2) is 7.36. The number of benzene rings is 2. The molecule has 0 fully saturated rings. The highest BCUT2D eigenvalue weighted by molar-refractivity contribution is 9.10. The van der Waals surface area contributed by atoms with Gasteiger partial charge in [-0.15, -0.1) is 0 Å². The Labute approximate surface area is 124 Å². The topological polar surface area (TPSA) is 21.3 Å². The first-order chi connectivity index (χ1) is 9.65. The molecule has 0 spiro atoms. The van der Waals surface area contributed by atoms with Gasteiger partial charge in [-0.3, -0.25) is 0 Å². The summed E-state index contributed by atoms with van der Waals surface area (Å²) in [5, 5.41) is 3.21. The Morgan fingerprint density at radius 3 is 2.60 bits per heavy atom. The van der Waals surface area contributed by atoms with Gasteiger partial charge in [0.25, 0.3) is 0 Å². The largest absolute Gasteiger partial charge is 0.434 e. The summed E-state index contributed by atoms with van der Waals surface area (Å²) in [4.78, 5) is 0. The number of hydrogen-bond donors (Lipinski definition) is 1. The molecule has 5 heteroatoms. The Hall–Kier alpha value is -1.46. The Morgan fingerprint density at radius 2 is 1.85 bits per heavy atom. The molecule has 2 rings (SSSR count). The van der Waals surface area contributed by atoms with Crippen LogP contribution in [0.5, 0.6) is 5.75 Å². The van der Waals surface area contributed by atoms with Crippen molar-refractivity contribution >= 4 is 15.9 Å². The number of hydrogen-bond acceptors (Lipinski definition) is 2. The molecule has 0 radical (unpaired) electrons. The van der Waals surface area contributed by atoms with Crippen LogP contribution in [0.4, 0.5) is 8.78 Å². The summed E-state index contributed by atoms with van der Waals surface area (Å²) in [6.07, 6.45) is 0. The molecule has 0 aliphatic heterocycles. The molecular formula is C15H14BrF2NO. The highest BCUT2D eigenvalue weighted by Gasteiger charge is 2.08. The molecule has 0 aliphatic carbocycles. The summed E-state index contributed by atoms with van der Waals surface area (Å²) in [5.41, 5.74) is 1.83. The molecule has 106 valence electrons. The average molecular weight is 342 g/mol. The van der Waals surface area contributed by atoms with Crippen molar-refractivity contribution in [1.82, 2.24) is 5.32 Å². The molecule has 0 unspecified atom stereocenters. The SMILES string of the molecule is FC(F)Oc1ccccc1CNCc1cccc(Br)c1. The first kappa shape index (κ1) is 14.9. The fourth-order valence-corrected chi connectivity index (χ4v) is 2.30. The monoisotopic (exact) mass is 341 g/mol. The number of ether oxygens (including phenoxy) is 1. The van der Waals surface area contributed by atoms with Gasteiger partial charge in [0.2, 0.25) is 0 Å². The van der Waals surface area contributed by atoms with Gasteiger partial charge in [-0.05, 0) is 23.8 Å². The van der Waals surface area contributed by atoms with Crippen molar-refractivity contribution in [3.05, 3.63) is 64.1 Å². The standard InChI is InChI=1S/C15H14BrF2NO/c16-13-6-3-4-11(8-13)9-19-10-12-5-1-2-7-14(12)20-15(17)18/h1-8,15,19H,9-10H2. The Morgan fingerprint density at radius 1 is 1.05 bits per heavy atom. The van der Waals surface area contributed by atoms with E-state index in [1.165, 1.54) is 0 Å². The maximum Gasteiger partial charge on any atom is 0.387 e. The highest BCUT2D eigenvalue weighted by atomic mass is 79.9. The van der Waals surface area contributed by atoms with Crippen LogP contribution in [0.15, 0.2) is 53.0 Å². The number of alkyl halides is 2. The zero-order valence-electron chi connectivity index (χ0n) is 10.7. The Balaban J connectivity index is 1.94. The molecule has 2 nitrogen and oxygen atoms in total. The van der Waals surface area contributed by atoms with Gasteiger partial charge >= 0.3 is 6.61 Å². The maximum atomic E-state index is 12.3. The quantitative estimate of drug-likeness (QED) is 0.843. The predicted molar refractivity (Wildman–Crippen MR) is 77.8 cm³/mol. The van der Waals surface area contributed by atoms with Gasteiger partial charge in [0.15, 0.2) is 0 Å². The van der Waals surface area contributed by atoms with Crippen molar-refractivity contribution in [2.45, 2.75) is 19.7 Å². The van der Waals surface area contributed by atoms with Gasteiger partial charge in [0.1, 0.15) is 5.75 Å². The third-order valence-corrected chi connectivity index (χ3v) is 3.22. The fourth-order valence-electron chi connectivity index (χ4n) is 1.85. The first-order valence-electron chi connectivity index (χ1n) is 6.13. The van der Waals surface area contributed by atoms with Crippen LogP contribution in [-0.4, -0.2) is 6.61 Å². The zero-order valence-corrected chi connectivity index (χ0v) is 12.2. The van der Waals surface area contributed by atoms with Crippen molar-refractivity contribution in [2.75, 3.05) is 0 Å². The molecule has 2 aromatic carbocycles. The summed E-state index contributed by atoms with van der Waals surface area (Å²) in [6, 6.07) is 14.7. The lowest BCUT2D eigenvalue weighted by Crippen LogP contribution is -2.14. The highest BCUT2D eigenvalue weighted by Crippen LogP contribution is 2.20. The minimum atomic E-state index is -2.80. The van der Waals surface area contributed by atoms with Gasteiger partial charge < -0.3 is 10.1 Å². The van der Waals surface area contributed by atoms with Crippen LogP contribution < -0.4 is 10.1 Å². The molecule has 0 saturated heterocycles. The van der Waals surface area contributed by atoms with Crippen molar-refractivity contribution in [3.8, 4) is 5.75 Å². The van der Waals surface area contributed by atoms with Crippen LogP contribution in [-0.2, 0) is 13.1 Å². The number of para-hydroxylation sites is 1. The van der Waals surface area contributed by atoms with E-state index in [0.29, 0.717) is 18.7 Å². The molecule has 0 atom stereocenters. The zero-order chi connectivity index (χ0) is 14.4. The number of nitrogens with one attached hydrogen (secondary N) is 1. The summed E-state index contributed by atoms with van der Waals surface area (Å²) >= 11 is 3.41. The second-order valence-electron chi connectivity index (χ2n) is 4.22. The second-order valence-corrected chi connectivity index (χ2v) is 5.14. The lowest BCUT2D eigenvalue weighted by Gasteiger charge is -2.11. The van der Waals surface area contributed by atoms with Crippen LogP contribution in [0.25, 0.3) is 0 Å². The third-order valence-electron chi connectivity index (χ3n) is 2.72. The Bertz CT molecular complexity index is 563. The van der Waals surface area contributed by atoms with E-state index in [1.807, 2.05) is 24.3 Å². The lowest BCUT2D eigenvalue weighted by atomic mass is 10.2. The van der Waals surface area contributed by atoms with Crippen LogP contribution >= 0.6 is 15.9 Å². The minimum absolute atomic E-state index is 0.212. The van der Waals surface area contributed by atoms with E-state index in [0.717, 1.165) is 10.0 Å². The van der Waals surface area contributed by atoms with Gasteiger partial charge in [-0.1, -0.05) is 46.3 Å². The molecular weight excluding hydrogens is 328 g/mol. The molecule has 0 aromatic heterocycles. The fraction of sp³-hybridized carbons (Fsp3) is 0.200. The van der Waals surface area contributed by atoms with Gasteiger partial charge in [0.05, 0.1) is 0 Å². The van der Waals surface area contributed by atoms with E-state index in [-0.39, 0.29) is 5.75 Å². The van der Waals surface area contributed by atoms with E-state index < -0.39 is 6.61 Å². The molecule has 0 aliphatic rings. The lowest BCUT2D eigenvalue weighted by molar-refractivity contribution is -0.0505. The number of halogens is 3. The summed E-state index contributed by atoms with van der Waals surface area (Å²) in [5.74, 6) is 0.212. The summed E-state index contributed by atoms with van der Waals surface area (Å²) in [6.45, 7) is -1.68. The van der Waals surface area contributed by atoms with Crippen LogP contribution in [0.3, 0.4) is 0 Å². The molecule has 20 heavy (non-hydrogen) atoms. The van der Waals surface area contributed by atoms with Crippen molar-refractivity contribution in [1.29, 1.82) is 0 Å². The van der Waals surface area contributed by atoms with E-state index in [4.69, 9.17) is 0 Å². The normalized spacial score (nSPS) is 10.8. The molecule has 0 amide bonds. The van der Waals surface area contributed by atoms with Crippen molar-refractivity contribution in [2.24, 2.45) is 0 Å². The van der Waals surface area contributed by atoms with Crippen molar-refractivity contribution < 1.29 is 13.5 Å². The Kier molecular flexibility index (Phi) is 5.49. The summed E-state index contributed by atoms with van der Waals surface area (Å²) < 4.78 is 30.1. The van der Waals surface area contributed by atoms with Gasteiger partial charge in [0, 0.05) is 23.1 Å². The molecule has 0 bridgehead atoms. The van der Waals surface area contributed by atoms with E-state index in [1.54, 1.807) is 24.3 Å². The minimum Gasteiger partial charge on any atom is -0.434 e. The predicted octanol–water partition coefficient (Wildman–Crippen LogP) is 4.34. The van der Waals surface area contributed by atoms with Gasteiger partial charge in [-0.25, -0.2) is 0 Å². The maximum absolute atomic E-state index is 12.3. The molecule has 0 heterocycles.